The van der Waals surface area contributed by atoms with Crippen LogP contribution in [0.5, 0.6) is 0 Å². The van der Waals surface area contributed by atoms with Crippen molar-refractivity contribution < 1.29 is 13.2 Å². The van der Waals surface area contributed by atoms with E-state index in [2.05, 4.69) is 25.5 Å². The van der Waals surface area contributed by atoms with Gasteiger partial charge in [-0.15, -0.1) is 15.3 Å². The van der Waals surface area contributed by atoms with Crippen LogP contribution in [0.25, 0.3) is 22.7 Å². The Bertz CT molecular complexity index is 1110. The van der Waals surface area contributed by atoms with Crippen molar-refractivity contribution in [3.8, 4) is 22.7 Å². The first-order valence-corrected chi connectivity index (χ1v) is 9.20. The molecule has 4 rings (SSSR count). The van der Waals surface area contributed by atoms with Gasteiger partial charge in [-0.2, -0.15) is 8.78 Å². The van der Waals surface area contributed by atoms with Gasteiger partial charge in [0.25, 0.3) is 5.89 Å². The summed E-state index contributed by atoms with van der Waals surface area (Å²) in [6, 6.07) is 13.3. The Labute approximate surface area is 171 Å². The van der Waals surface area contributed by atoms with Gasteiger partial charge in [0, 0.05) is 18.3 Å². The number of hydrogen-bond acceptors (Lipinski definition) is 7. The zero-order valence-electron chi connectivity index (χ0n) is 16.4. The molecule has 0 N–H and O–H groups in total. The van der Waals surface area contributed by atoms with E-state index in [9.17, 15) is 8.78 Å². The van der Waals surface area contributed by atoms with Gasteiger partial charge in [-0.05, 0) is 26.2 Å². The summed E-state index contributed by atoms with van der Waals surface area (Å²) < 4.78 is 32.0. The lowest BCUT2D eigenvalue weighted by atomic mass is 10.1. The highest BCUT2D eigenvalue weighted by Crippen LogP contribution is 2.24. The van der Waals surface area contributed by atoms with Crippen LogP contribution in [0.15, 0.2) is 53.1 Å². The van der Waals surface area contributed by atoms with Crippen LogP contribution in [0.2, 0.25) is 0 Å². The lowest BCUT2D eigenvalue weighted by molar-refractivity contribution is 0.116. The van der Waals surface area contributed by atoms with Gasteiger partial charge in [0.05, 0.1) is 23.5 Å². The van der Waals surface area contributed by atoms with Gasteiger partial charge >= 0.3 is 6.43 Å². The quantitative estimate of drug-likeness (QED) is 0.460. The molecule has 0 fully saturated rings. The molecular weight excluding hydrogens is 392 g/mol. The predicted octanol–water partition coefficient (Wildman–Crippen LogP) is 3.44. The molecule has 0 aliphatic rings. The van der Waals surface area contributed by atoms with Crippen LogP contribution in [0.3, 0.4) is 0 Å². The molecule has 4 aromatic rings. The Morgan fingerprint density at radius 3 is 2.43 bits per heavy atom. The molecule has 0 amide bonds. The number of halogens is 2. The Morgan fingerprint density at radius 2 is 1.80 bits per heavy atom. The topological polar surface area (TPSA) is 85.8 Å². The maximum atomic E-state index is 12.6. The smallest absolute Gasteiger partial charge is 0.314 e. The third-order valence-electron chi connectivity index (χ3n) is 4.36. The van der Waals surface area contributed by atoms with E-state index in [1.54, 1.807) is 12.1 Å². The molecule has 3 aromatic heterocycles. The van der Waals surface area contributed by atoms with E-state index < -0.39 is 12.3 Å². The van der Waals surface area contributed by atoms with Crippen molar-refractivity contribution in [1.29, 1.82) is 0 Å². The van der Waals surface area contributed by atoms with E-state index >= 15 is 0 Å². The van der Waals surface area contributed by atoms with Crippen LogP contribution >= 0.6 is 0 Å². The maximum absolute atomic E-state index is 12.6. The molecule has 0 saturated heterocycles. The highest BCUT2D eigenvalue weighted by molar-refractivity contribution is 5.61. The van der Waals surface area contributed by atoms with Gasteiger partial charge in [-0.25, -0.2) is 4.68 Å². The second-order valence-electron chi connectivity index (χ2n) is 6.93. The van der Waals surface area contributed by atoms with Crippen LogP contribution in [0.1, 0.15) is 23.7 Å². The molecule has 8 nitrogen and oxygen atoms in total. The number of alkyl halides is 2. The summed E-state index contributed by atoms with van der Waals surface area (Å²) >= 11 is 0. The zero-order chi connectivity index (χ0) is 21.1. The molecule has 1 aromatic carbocycles. The minimum Gasteiger partial charge on any atom is -0.415 e. The number of rotatable bonds is 7. The lowest BCUT2D eigenvalue weighted by Crippen LogP contribution is -2.17. The average molecular weight is 411 g/mol. The summed E-state index contributed by atoms with van der Waals surface area (Å²) in [5, 5.41) is 15.7. The number of nitrogens with zero attached hydrogens (tertiary/aromatic N) is 7. The largest absolute Gasteiger partial charge is 0.415 e. The van der Waals surface area contributed by atoms with Gasteiger partial charge < -0.3 is 9.32 Å². The summed E-state index contributed by atoms with van der Waals surface area (Å²) in [5.41, 5.74) is 3.99. The van der Waals surface area contributed by atoms with Gasteiger partial charge in [-0.1, -0.05) is 35.5 Å². The van der Waals surface area contributed by atoms with Crippen molar-refractivity contribution in [2.45, 2.75) is 19.5 Å². The van der Waals surface area contributed by atoms with Crippen LogP contribution in [0.4, 0.5) is 8.78 Å². The predicted molar refractivity (Wildman–Crippen MR) is 104 cm³/mol. The molecule has 0 unspecified atom stereocenters. The molecule has 154 valence electrons. The van der Waals surface area contributed by atoms with Crippen molar-refractivity contribution >= 4 is 0 Å². The summed E-state index contributed by atoms with van der Waals surface area (Å²) in [5.74, 6) is -0.705. The second kappa shape index (κ2) is 8.46. The Morgan fingerprint density at radius 1 is 1.00 bits per heavy atom. The Hall–Kier alpha value is -3.53. The molecule has 0 aliphatic heterocycles. The van der Waals surface area contributed by atoms with Gasteiger partial charge in [0.1, 0.15) is 5.69 Å². The summed E-state index contributed by atoms with van der Waals surface area (Å²) in [6.45, 7) is 1.07. The van der Waals surface area contributed by atoms with Crippen molar-refractivity contribution in [2.24, 2.45) is 0 Å². The number of aromatic nitrogens is 6. The van der Waals surface area contributed by atoms with Gasteiger partial charge in [0.15, 0.2) is 0 Å². The van der Waals surface area contributed by atoms with Crippen molar-refractivity contribution in [2.75, 3.05) is 14.1 Å². The lowest BCUT2D eigenvalue weighted by Gasteiger charge is -2.13. The zero-order valence-corrected chi connectivity index (χ0v) is 16.4. The summed E-state index contributed by atoms with van der Waals surface area (Å²) in [4.78, 5) is 6.44. The van der Waals surface area contributed by atoms with E-state index in [-0.39, 0.29) is 5.89 Å². The molecule has 10 heteroatoms. The molecule has 0 saturated carbocycles. The minimum atomic E-state index is -2.81. The third kappa shape index (κ3) is 4.23. The highest BCUT2D eigenvalue weighted by atomic mass is 19.3. The number of pyridine rings is 1. The number of benzene rings is 1. The number of hydrogen-bond donors (Lipinski definition) is 0. The van der Waals surface area contributed by atoms with Crippen molar-refractivity contribution in [3.63, 3.8) is 0 Å². The summed E-state index contributed by atoms with van der Waals surface area (Å²) in [6.07, 6.45) is -1.29. The summed E-state index contributed by atoms with van der Waals surface area (Å²) in [7, 11) is 3.97. The van der Waals surface area contributed by atoms with Crippen LogP contribution in [0, 0.1) is 0 Å². The SMILES string of the molecule is CN(C)Cc1c(-c2ccccc2)nnn1Cc1ccc(-c2nnc(C(F)F)o2)cn1. The van der Waals surface area contributed by atoms with E-state index in [0.29, 0.717) is 18.7 Å². The fourth-order valence-electron chi connectivity index (χ4n) is 2.97. The molecule has 0 bridgehead atoms. The molecular formula is C20H19F2N7O. The average Bonchev–Trinajstić information content (AvgIpc) is 3.37. The maximum Gasteiger partial charge on any atom is 0.314 e. The van der Waals surface area contributed by atoms with Gasteiger partial charge in [-0.3, -0.25) is 4.98 Å². The molecule has 30 heavy (non-hydrogen) atoms. The van der Waals surface area contributed by atoms with E-state index in [1.807, 2.05) is 54.0 Å². The normalized spacial score (nSPS) is 11.5. The van der Waals surface area contributed by atoms with E-state index in [0.717, 1.165) is 22.6 Å². The van der Waals surface area contributed by atoms with E-state index in [1.165, 1.54) is 6.20 Å². The molecule has 0 radical (unpaired) electrons. The van der Waals surface area contributed by atoms with Crippen molar-refractivity contribution in [3.05, 3.63) is 65.9 Å². The Balaban J connectivity index is 1.58. The van der Waals surface area contributed by atoms with Crippen LogP contribution < -0.4 is 0 Å². The second-order valence-corrected chi connectivity index (χ2v) is 6.93. The van der Waals surface area contributed by atoms with Crippen LogP contribution in [-0.4, -0.2) is 49.2 Å². The first-order valence-electron chi connectivity index (χ1n) is 9.20. The van der Waals surface area contributed by atoms with Crippen molar-refractivity contribution in [1.82, 2.24) is 35.1 Å². The third-order valence-corrected chi connectivity index (χ3v) is 4.36. The first kappa shape index (κ1) is 19.8. The minimum absolute atomic E-state index is 0.00441. The standard InChI is InChI=1S/C20H19F2N7O/c1-28(2)12-16-17(13-6-4-3-5-7-13)24-27-29(16)11-15-9-8-14(10-23-15)19-25-26-20(30-19)18(21)22/h3-10,18H,11-12H2,1-2H3. The molecule has 0 aliphatic carbocycles. The molecule has 0 atom stereocenters. The Kier molecular flexibility index (Phi) is 5.57. The monoisotopic (exact) mass is 411 g/mol. The highest BCUT2D eigenvalue weighted by Gasteiger charge is 2.18. The molecule has 3 heterocycles. The fourth-order valence-corrected chi connectivity index (χ4v) is 2.97. The first-order chi connectivity index (χ1) is 14.5. The van der Waals surface area contributed by atoms with E-state index in [4.69, 9.17) is 4.42 Å². The fraction of sp³-hybridized carbons (Fsp3) is 0.250. The van der Waals surface area contributed by atoms with Crippen LogP contribution in [-0.2, 0) is 13.1 Å². The molecule has 0 spiro atoms. The van der Waals surface area contributed by atoms with Gasteiger partial charge in [0.2, 0.25) is 5.89 Å².